The van der Waals surface area contributed by atoms with Gasteiger partial charge in [0.25, 0.3) is 0 Å². The third kappa shape index (κ3) is 4.48. The van der Waals surface area contributed by atoms with Crippen LogP contribution in [-0.4, -0.2) is 25.7 Å². The highest BCUT2D eigenvalue weighted by atomic mass is 35.5. The molecule has 1 amide bonds. The Bertz CT molecular complexity index is 1010. The second-order valence-electron chi connectivity index (χ2n) is 6.59. The number of rotatable bonds is 6. The molecule has 0 aliphatic heterocycles. The van der Waals surface area contributed by atoms with E-state index >= 15 is 0 Å². The van der Waals surface area contributed by atoms with Crippen LogP contribution in [0.5, 0.6) is 0 Å². The molecule has 1 saturated carbocycles. The lowest BCUT2D eigenvalue weighted by atomic mass is 10.2. The number of carbonyl (C=O) groups is 1. The standard InChI is InChI=1S/C19H17Cl2N5OS/c1-11(27)22-14-3-2-4-15(9-14)26-18(13-5-6-13)24-25-19(26)28-10-12-7-16(20)23-17(21)8-12/h2-4,7-9,13H,5-6,10H2,1H3,(H,22,27). The normalized spacial score (nSPS) is 13.5. The van der Waals surface area contributed by atoms with Crippen molar-refractivity contribution in [3.63, 3.8) is 0 Å². The number of halogens is 2. The van der Waals surface area contributed by atoms with Gasteiger partial charge >= 0.3 is 0 Å². The van der Waals surface area contributed by atoms with Crippen molar-refractivity contribution in [1.82, 2.24) is 19.7 Å². The Labute approximate surface area is 176 Å². The number of carbonyl (C=O) groups excluding carboxylic acids is 1. The molecule has 1 N–H and O–H groups in total. The highest BCUT2D eigenvalue weighted by Gasteiger charge is 2.31. The predicted octanol–water partition coefficient (Wildman–Crippen LogP) is 5.10. The van der Waals surface area contributed by atoms with E-state index in [4.69, 9.17) is 23.2 Å². The molecule has 0 unspecified atom stereocenters. The van der Waals surface area contributed by atoms with Gasteiger partial charge in [-0.1, -0.05) is 41.0 Å². The van der Waals surface area contributed by atoms with Crippen molar-refractivity contribution in [3.8, 4) is 5.69 Å². The second kappa shape index (κ2) is 8.11. The van der Waals surface area contributed by atoms with Crippen LogP contribution in [0.15, 0.2) is 41.6 Å². The summed E-state index contributed by atoms with van der Waals surface area (Å²) in [5, 5.41) is 13.2. The van der Waals surface area contributed by atoms with Crippen LogP contribution in [0.2, 0.25) is 10.3 Å². The van der Waals surface area contributed by atoms with E-state index in [1.165, 1.54) is 6.92 Å². The number of pyridine rings is 1. The first kappa shape index (κ1) is 19.2. The van der Waals surface area contributed by atoms with Gasteiger partial charge in [-0.05, 0) is 48.7 Å². The summed E-state index contributed by atoms with van der Waals surface area (Å²) in [6.07, 6.45) is 2.23. The fourth-order valence-corrected chi connectivity index (χ4v) is 4.29. The molecule has 1 fully saturated rings. The summed E-state index contributed by atoms with van der Waals surface area (Å²) in [6, 6.07) is 11.3. The summed E-state index contributed by atoms with van der Waals surface area (Å²) in [6.45, 7) is 1.49. The van der Waals surface area contributed by atoms with E-state index in [0.717, 1.165) is 40.8 Å². The third-order valence-electron chi connectivity index (χ3n) is 4.22. The van der Waals surface area contributed by atoms with Crippen LogP contribution >= 0.6 is 35.0 Å². The summed E-state index contributed by atoms with van der Waals surface area (Å²) in [5.41, 5.74) is 2.63. The lowest BCUT2D eigenvalue weighted by Crippen LogP contribution is -2.07. The number of hydrogen-bond donors (Lipinski definition) is 1. The van der Waals surface area contributed by atoms with Crippen molar-refractivity contribution in [2.75, 3.05) is 5.32 Å². The SMILES string of the molecule is CC(=O)Nc1cccc(-n2c(SCc3cc(Cl)nc(Cl)c3)nnc2C2CC2)c1. The molecule has 0 spiro atoms. The van der Waals surface area contributed by atoms with Gasteiger partial charge in [0.15, 0.2) is 5.16 Å². The van der Waals surface area contributed by atoms with Gasteiger partial charge in [-0.2, -0.15) is 0 Å². The third-order valence-corrected chi connectivity index (χ3v) is 5.60. The Kier molecular flexibility index (Phi) is 5.57. The Balaban J connectivity index is 1.65. The molecule has 6 nitrogen and oxygen atoms in total. The summed E-state index contributed by atoms with van der Waals surface area (Å²) in [4.78, 5) is 15.4. The molecular weight excluding hydrogens is 417 g/mol. The summed E-state index contributed by atoms with van der Waals surface area (Å²) >= 11 is 13.6. The van der Waals surface area contributed by atoms with Crippen LogP contribution in [-0.2, 0) is 10.5 Å². The number of aromatic nitrogens is 4. The van der Waals surface area contributed by atoms with Crippen molar-refractivity contribution >= 4 is 46.6 Å². The van der Waals surface area contributed by atoms with Gasteiger partial charge in [-0.15, -0.1) is 10.2 Å². The van der Waals surface area contributed by atoms with E-state index in [2.05, 4.69) is 25.1 Å². The highest BCUT2D eigenvalue weighted by Crippen LogP contribution is 2.41. The number of anilines is 1. The van der Waals surface area contributed by atoms with Crippen LogP contribution in [0.4, 0.5) is 5.69 Å². The fraction of sp³-hybridized carbons (Fsp3) is 0.263. The van der Waals surface area contributed by atoms with Gasteiger partial charge in [0.1, 0.15) is 16.1 Å². The van der Waals surface area contributed by atoms with E-state index < -0.39 is 0 Å². The van der Waals surface area contributed by atoms with Crippen LogP contribution in [0.25, 0.3) is 5.69 Å². The van der Waals surface area contributed by atoms with E-state index in [0.29, 0.717) is 22.0 Å². The molecule has 1 aliphatic carbocycles. The number of benzene rings is 1. The smallest absolute Gasteiger partial charge is 0.221 e. The molecule has 4 rings (SSSR count). The van der Waals surface area contributed by atoms with Crippen LogP contribution in [0.3, 0.4) is 0 Å². The number of nitrogens with one attached hydrogen (secondary N) is 1. The number of nitrogens with zero attached hydrogens (tertiary/aromatic N) is 4. The maximum Gasteiger partial charge on any atom is 0.221 e. The molecule has 0 atom stereocenters. The van der Waals surface area contributed by atoms with Gasteiger partial charge in [-0.3, -0.25) is 9.36 Å². The molecule has 1 aromatic carbocycles. The Morgan fingerprint density at radius 3 is 2.64 bits per heavy atom. The molecule has 0 bridgehead atoms. The molecule has 2 heterocycles. The number of hydrogen-bond acceptors (Lipinski definition) is 5. The molecule has 2 aromatic heterocycles. The van der Waals surface area contributed by atoms with E-state index in [1.54, 1.807) is 23.9 Å². The molecule has 9 heteroatoms. The van der Waals surface area contributed by atoms with Crippen molar-refractivity contribution in [1.29, 1.82) is 0 Å². The predicted molar refractivity (Wildman–Crippen MR) is 111 cm³/mol. The van der Waals surface area contributed by atoms with Crippen LogP contribution < -0.4 is 5.32 Å². The first-order valence-corrected chi connectivity index (χ1v) is 10.5. The zero-order valence-electron chi connectivity index (χ0n) is 15.0. The molecule has 144 valence electrons. The molecular formula is C19H17Cl2N5OS. The second-order valence-corrected chi connectivity index (χ2v) is 8.31. The van der Waals surface area contributed by atoms with Crippen molar-refractivity contribution in [2.24, 2.45) is 0 Å². The largest absolute Gasteiger partial charge is 0.326 e. The number of amides is 1. The fourth-order valence-electron chi connectivity index (χ4n) is 2.89. The average Bonchev–Trinajstić information content (AvgIpc) is 3.38. The molecule has 0 radical (unpaired) electrons. The zero-order valence-corrected chi connectivity index (χ0v) is 17.4. The van der Waals surface area contributed by atoms with Crippen LogP contribution in [0.1, 0.15) is 37.1 Å². The van der Waals surface area contributed by atoms with E-state index in [-0.39, 0.29) is 5.91 Å². The van der Waals surface area contributed by atoms with Gasteiger partial charge < -0.3 is 5.32 Å². The van der Waals surface area contributed by atoms with Gasteiger partial charge in [0, 0.05) is 24.3 Å². The molecule has 0 saturated heterocycles. The quantitative estimate of drug-likeness (QED) is 0.432. The summed E-state index contributed by atoms with van der Waals surface area (Å²) < 4.78 is 2.07. The van der Waals surface area contributed by atoms with E-state index in [1.807, 2.05) is 24.3 Å². The van der Waals surface area contributed by atoms with Gasteiger partial charge in [-0.25, -0.2) is 4.98 Å². The minimum absolute atomic E-state index is 0.107. The highest BCUT2D eigenvalue weighted by molar-refractivity contribution is 7.98. The Morgan fingerprint density at radius 1 is 1.21 bits per heavy atom. The van der Waals surface area contributed by atoms with Crippen molar-refractivity contribution in [2.45, 2.75) is 36.6 Å². The van der Waals surface area contributed by atoms with Crippen molar-refractivity contribution < 1.29 is 4.79 Å². The lowest BCUT2D eigenvalue weighted by Gasteiger charge is -2.12. The van der Waals surface area contributed by atoms with E-state index in [9.17, 15) is 4.79 Å². The Morgan fingerprint density at radius 2 is 1.96 bits per heavy atom. The number of thioether (sulfide) groups is 1. The Hall–Kier alpha value is -2.09. The lowest BCUT2D eigenvalue weighted by molar-refractivity contribution is -0.114. The van der Waals surface area contributed by atoms with Gasteiger partial charge in [0.05, 0.1) is 5.69 Å². The first-order chi connectivity index (χ1) is 13.5. The van der Waals surface area contributed by atoms with Crippen LogP contribution in [0, 0.1) is 0 Å². The summed E-state index contributed by atoms with van der Waals surface area (Å²) in [7, 11) is 0. The zero-order chi connectivity index (χ0) is 19.7. The maximum absolute atomic E-state index is 11.4. The molecule has 3 aromatic rings. The minimum Gasteiger partial charge on any atom is -0.326 e. The monoisotopic (exact) mass is 433 g/mol. The minimum atomic E-state index is -0.107. The first-order valence-electron chi connectivity index (χ1n) is 8.77. The molecule has 1 aliphatic rings. The average molecular weight is 434 g/mol. The van der Waals surface area contributed by atoms with Gasteiger partial charge in [0.2, 0.25) is 5.91 Å². The maximum atomic E-state index is 11.4. The molecule has 28 heavy (non-hydrogen) atoms. The topological polar surface area (TPSA) is 72.7 Å². The summed E-state index contributed by atoms with van der Waals surface area (Å²) in [5.74, 6) is 1.91. The van der Waals surface area contributed by atoms with Crippen molar-refractivity contribution in [3.05, 3.63) is 58.1 Å².